The molecule has 0 bridgehead atoms. The third-order valence-corrected chi connectivity index (χ3v) is 2.68. The predicted octanol–water partition coefficient (Wildman–Crippen LogP) is 2.67. The summed E-state index contributed by atoms with van der Waals surface area (Å²) in [6, 6.07) is 2.11. The summed E-state index contributed by atoms with van der Waals surface area (Å²) in [5.41, 5.74) is 2.57. The molecule has 17 heavy (non-hydrogen) atoms. The Morgan fingerprint density at radius 1 is 1.41 bits per heavy atom. The topological polar surface area (TPSA) is 28.2 Å². The third-order valence-electron chi connectivity index (χ3n) is 2.68. The average Bonchev–Trinajstić information content (AvgIpc) is 2.29. The summed E-state index contributed by atoms with van der Waals surface area (Å²) in [5.74, 6) is 0.664. The van der Waals surface area contributed by atoms with Crippen molar-refractivity contribution in [3.8, 4) is 0 Å². The maximum Gasteiger partial charge on any atom is 0.0595 e. The Kier molecular flexibility index (Phi) is 5.98. The first kappa shape index (κ1) is 14.0. The van der Waals surface area contributed by atoms with Crippen LogP contribution in [0.5, 0.6) is 0 Å². The van der Waals surface area contributed by atoms with Crippen LogP contribution in [-0.2, 0) is 6.54 Å². The molecule has 0 saturated carbocycles. The van der Waals surface area contributed by atoms with Crippen molar-refractivity contribution in [3.05, 3.63) is 24.0 Å². The van der Waals surface area contributed by atoms with Crippen LogP contribution in [-0.4, -0.2) is 25.1 Å². The first-order chi connectivity index (χ1) is 8.15. The van der Waals surface area contributed by atoms with E-state index in [0.29, 0.717) is 5.92 Å². The molecule has 0 aliphatic rings. The van der Waals surface area contributed by atoms with Crippen LogP contribution >= 0.6 is 0 Å². The van der Waals surface area contributed by atoms with Gasteiger partial charge in [-0.15, -0.1) is 0 Å². The zero-order chi connectivity index (χ0) is 12.7. The highest BCUT2D eigenvalue weighted by Gasteiger charge is 2.08. The molecule has 0 atom stereocenters. The molecule has 96 valence electrons. The second kappa shape index (κ2) is 7.28. The lowest BCUT2D eigenvalue weighted by Crippen LogP contribution is -2.25. The van der Waals surface area contributed by atoms with Gasteiger partial charge in [-0.1, -0.05) is 20.8 Å². The Balaban J connectivity index is 2.69. The SMILES string of the molecule is CCCNCc1ccncc1N(C)CC(C)C. The van der Waals surface area contributed by atoms with Gasteiger partial charge in [0.1, 0.15) is 0 Å². The molecule has 0 spiro atoms. The summed E-state index contributed by atoms with van der Waals surface area (Å²) in [4.78, 5) is 6.52. The molecule has 0 saturated heterocycles. The van der Waals surface area contributed by atoms with Crippen molar-refractivity contribution in [3.63, 3.8) is 0 Å². The van der Waals surface area contributed by atoms with Gasteiger partial charge in [-0.25, -0.2) is 0 Å². The maximum atomic E-state index is 4.23. The van der Waals surface area contributed by atoms with E-state index in [9.17, 15) is 0 Å². The lowest BCUT2D eigenvalue weighted by atomic mass is 10.1. The van der Waals surface area contributed by atoms with Crippen LogP contribution < -0.4 is 10.2 Å². The summed E-state index contributed by atoms with van der Waals surface area (Å²) in [6.45, 7) is 9.71. The van der Waals surface area contributed by atoms with Crippen molar-refractivity contribution >= 4 is 5.69 Å². The molecule has 1 N–H and O–H groups in total. The standard InChI is InChI=1S/C14H25N3/c1-5-7-15-9-13-6-8-16-10-14(13)17(4)11-12(2)3/h6,8,10,12,15H,5,7,9,11H2,1-4H3. The molecule has 0 radical (unpaired) electrons. The van der Waals surface area contributed by atoms with Gasteiger partial charge in [-0.05, 0) is 30.5 Å². The molecule has 1 rings (SSSR count). The smallest absolute Gasteiger partial charge is 0.0595 e. The van der Waals surface area contributed by atoms with E-state index in [0.717, 1.165) is 19.6 Å². The van der Waals surface area contributed by atoms with E-state index in [1.165, 1.54) is 17.7 Å². The van der Waals surface area contributed by atoms with Crippen LogP contribution in [0.15, 0.2) is 18.5 Å². The number of hydrogen-bond acceptors (Lipinski definition) is 3. The number of rotatable bonds is 7. The Morgan fingerprint density at radius 2 is 2.18 bits per heavy atom. The number of aromatic nitrogens is 1. The molecule has 1 heterocycles. The van der Waals surface area contributed by atoms with Gasteiger partial charge >= 0.3 is 0 Å². The minimum absolute atomic E-state index is 0.664. The van der Waals surface area contributed by atoms with Crippen molar-refractivity contribution in [1.82, 2.24) is 10.3 Å². The second-order valence-electron chi connectivity index (χ2n) is 4.96. The first-order valence-corrected chi connectivity index (χ1v) is 6.49. The quantitative estimate of drug-likeness (QED) is 0.736. The van der Waals surface area contributed by atoms with Gasteiger partial charge in [0.25, 0.3) is 0 Å². The van der Waals surface area contributed by atoms with Gasteiger partial charge in [0, 0.05) is 26.3 Å². The molecular weight excluding hydrogens is 210 g/mol. The highest BCUT2D eigenvalue weighted by molar-refractivity contribution is 5.50. The molecule has 0 aromatic carbocycles. The number of hydrogen-bond donors (Lipinski definition) is 1. The van der Waals surface area contributed by atoms with E-state index in [2.05, 4.69) is 49.1 Å². The van der Waals surface area contributed by atoms with Crippen LogP contribution in [0.2, 0.25) is 0 Å². The van der Waals surface area contributed by atoms with Crippen LogP contribution in [0.4, 0.5) is 5.69 Å². The molecule has 1 aromatic heterocycles. The van der Waals surface area contributed by atoms with Gasteiger partial charge in [-0.2, -0.15) is 0 Å². The summed E-state index contributed by atoms with van der Waals surface area (Å²) in [5, 5.41) is 3.45. The first-order valence-electron chi connectivity index (χ1n) is 6.49. The van der Waals surface area contributed by atoms with Gasteiger partial charge < -0.3 is 10.2 Å². The summed E-state index contributed by atoms with van der Waals surface area (Å²) in [7, 11) is 2.14. The van der Waals surface area contributed by atoms with E-state index in [1.807, 2.05) is 12.4 Å². The van der Waals surface area contributed by atoms with Crippen molar-refractivity contribution in [2.45, 2.75) is 33.7 Å². The fourth-order valence-electron chi connectivity index (χ4n) is 1.95. The van der Waals surface area contributed by atoms with E-state index < -0.39 is 0 Å². The largest absolute Gasteiger partial charge is 0.373 e. The minimum atomic E-state index is 0.664. The van der Waals surface area contributed by atoms with Gasteiger partial charge in [0.05, 0.1) is 11.9 Å². The summed E-state index contributed by atoms with van der Waals surface area (Å²) >= 11 is 0. The minimum Gasteiger partial charge on any atom is -0.373 e. The van der Waals surface area contributed by atoms with E-state index in [-0.39, 0.29) is 0 Å². The van der Waals surface area contributed by atoms with E-state index in [1.54, 1.807) is 0 Å². The molecule has 0 aliphatic heterocycles. The van der Waals surface area contributed by atoms with Gasteiger partial charge in [0.15, 0.2) is 0 Å². The molecule has 0 amide bonds. The van der Waals surface area contributed by atoms with E-state index >= 15 is 0 Å². The molecule has 0 unspecified atom stereocenters. The van der Waals surface area contributed by atoms with Crippen LogP contribution in [0.3, 0.4) is 0 Å². The Bertz CT molecular complexity index is 323. The zero-order valence-corrected chi connectivity index (χ0v) is 11.5. The predicted molar refractivity (Wildman–Crippen MR) is 74.3 cm³/mol. The Labute approximate surface area is 105 Å². The molecule has 0 fully saturated rings. The highest BCUT2D eigenvalue weighted by Crippen LogP contribution is 2.18. The number of nitrogens with one attached hydrogen (secondary N) is 1. The second-order valence-corrected chi connectivity index (χ2v) is 4.96. The van der Waals surface area contributed by atoms with Crippen LogP contribution in [0.25, 0.3) is 0 Å². The molecule has 3 nitrogen and oxygen atoms in total. The van der Waals surface area contributed by atoms with Crippen molar-refractivity contribution in [1.29, 1.82) is 0 Å². The Hall–Kier alpha value is -1.09. The average molecular weight is 235 g/mol. The van der Waals surface area contributed by atoms with Crippen LogP contribution in [0.1, 0.15) is 32.8 Å². The van der Waals surface area contributed by atoms with Crippen molar-refractivity contribution < 1.29 is 0 Å². The van der Waals surface area contributed by atoms with Crippen LogP contribution in [0, 0.1) is 5.92 Å². The van der Waals surface area contributed by atoms with Gasteiger partial charge in [-0.3, -0.25) is 4.98 Å². The lowest BCUT2D eigenvalue weighted by molar-refractivity contribution is 0.631. The number of pyridine rings is 1. The zero-order valence-electron chi connectivity index (χ0n) is 11.5. The molecule has 1 aromatic rings. The van der Waals surface area contributed by atoms with Crippen molar-refractivity contribution in [2.75, 3.05) is 25.0 Å². The molecule has 0 aliphatic carbocycles. The fourth-order valence-corrected chi connectivity index (χ4v) is 1.95. The Morgan fingerprint density at radius 3 is 2.82 bits per heavy atom. The molecule has 3 heteroatoms. The summed E-state index contributed by atoms with van der Waals surface area (Å²) < 4.78 is 0. The fraction of sp³-hybridized carbons (Fsp3) is 0.643. The number of nitrogens with zero attached hydrogens (tertiary/aromatic N) is 2. The lowest BCUT2D eigenvalue weighted by Gasteiger charge is -2.24. The number of anilines is 1. The third kappa shape index (κ3) is 4.73. The summed E-state index contributed by atoms with van der Waals surface area (Å²) in [6.07, 6.45) is 5.00. The van der Waals surface area contributed by atoms with E-state index in [4.69, 9.17) is 0 Å². The monoisotopic (exact) mass is 235 g/mol. The normalized spacial score (nSPS) is 10.9. The highest BCUT2D eigenvalue weighted by atomic mass is 15.1. The maximum absolute atomic E-state index is 4.23. The van der Waals surface area contributed by atoms with Crippen molar-refractivity contribution in [2.24, 2.45) is 5.92 Å². The van der Waals surface area contributed by atoms with Gasteiger partial charge in [0.2, 0.25) is 0 Å². The molecular formula is C14H25N3.